The second-order valence-corrected chi connectivity index (χ2v) is 5.98. The monoisotopic (exact) mass is 387 g/mol. The number of hydrogen-bond acceptors (Lipinski definition) is 5. The van der Waals surface area contributed by atoms with Gasteiger partial charge >= 0.3 is 0 Å². The number of methoxy groups -OCH3 is 2. The summed E-state index contributed by atoms with van der Waals surface area (Å²) in [6.07, 6.45) is 1.57. The van der Waals surface area contributed by atoms with Gasteiger partial charge in [0, 0.05) is 23.9 Å². The third kappa shape index (κ3) is 5.14. The molecular formula is C18H18FN5O2S. The van der Waals surface area contributed by atoms with Crippen LogP contribution in [0.4, 0.5) is 16.0 Å². The standard InChI is InChI=1S/C18H18FN5O2S/c1-25-15-7-14(8-16(9-15)26-2)21-18(27)22-17-20-11-24(23-17)10-12-3-5-13(19)6-4-12/h3-9,11H,10H2,1-2H3,(H2,21,22,23,27). The molecule has 3 aromatic rings. The number of thiocarbonyl (C=S) groups is 1. The molecule has 0 bridgehead atoms. The van der Waals surface area contributed by atoms with Crippen molar-refractivity contribution >= 4 is 29.0 Å². The molecule has 7 nitrogen and oxygen atoms in total. The van der Waals surface area contributed by atoms with E-state index in [0.29, 0.717) is 34.8 Å². The molecule has 1 heterocycles. The highest BCUT2D eigenvalue weighted by molar-refractivity contribution is 7.80. The molecule has 2 aromatic carbocycles. The topological polar surface area (TPSA) is 73.2 Å². The molecular weight excluding hydrogens is 369 g/mol. The number of rotatable bonds is 6. The van der Waals surface area contributed by atoms with Gasteiger partial charge < -0.3 is 14.8 Å². The van der Waals surface area contributed by atoms with Crippen LogP contribution in [0.2, 0.25) is 0 Å². The van der Waals surface area contributed by atoms with Crippen LogP contribution in [-0.2, 0) is 6.54 Å². The van der Waals surface area contributed by atoms with Crippen LogP contribution < -0.4 is 20.1 Å². The molecule has 0 atom stereocenters. The molecule has 0 saturated carbocycles. The van der Waals surface area contributed by atoms with Crippen LogP contribution in [0.15, 0.2) is 48.8 Å². The first-order chi connectivity index (χ1) is 13.1. The van der Waals surface area contributed by atoms with E-state index in [0.717, 1.165) is 5.56 Å². The van der Waals surface area contributed by atoms with Gasteiger partial charge in [-0.1, -0.05) is 12.1 Å². The van der Waals surface area contributed by atoms with Gasteiger partial charge in [-0.25, -0.2) is 14.1 Å². The van der Waals surface area contributed by atoms with Gasteiger partial charge in [-0.2, -0.15) is 0 Å². The summed E-state index contributed by atoms with van der Waals surface area (Å²) in [6, 6.07) is 11.6. The zero-order valence-corrected chi connectivity index (χ0v) is 15.6. The third-order valence-electron chi connectivity index (χ3n) is 3.63. The van der Waals surface area contributed by atoms with Crippen molar-refractivity contribution in [2.45, 2.75) is 6.54 Å². The van der Waals surface area contributed by atoms with Crippen molar-refractivity contribution < 1.29 is 13.9 Å². The van der Waals surface area contributed by atoms with Gasteiger partial charge in [0.05, 0.1) is 20.8 Å². The summed E-state index contributed by atoms with van der Waals surface area (Å²) in [6.45, 7) is 0.474. The maximum atomic E-state index is 13.0. The van der Waals surface area contributed by atoms with Crippen molar-refractivity contribution in [1.29, 1.82) is 0 Å². The minimum Gasteiger partial charge on any atom is -0.497 e. The van der Waals surface area contributed by atoms with Crippen molar-refractivity contribution in [2.75, 3.05) is 24.9 Å². The third-order valence-corrected chi connectivity index (χ3v) is 3.83. The van der Waals surface area contributed by atoms with Crippen LogP contribution in [0.1, 0.15) is 5.56 Å². The first kappa shape index (κ1) is 18.6. The van der Waals surface area contributed by atoms with E-state index in [1.165, 1.54) is 12.1 Å². The smallest absolute Gasteiger partial charge is 0.248 e. The van der Waals surface area contributed by atoms with Gasteiger partial charge in [-0.05, 0) is 29.9 Å². The van der Waals surface area contributed by atoms with E-state index in [1.807, 2.05) is 0 Å². The maximum Gasteiger partial charge on any atom is 0.248 e. The summed E-state index contributed by atoms with van der Waals surface area (Å²) in [7, 11) is 3.15. The van der Waals surface area contributed by atoms with Crippen LogP contribution in [0.3, 0.4) is 0 Å². The maximum absolute atomic E-state index is 13.0. The number of ether oxygens (including phenoxy) is 2. The fraction of sp³-hybridized carbons (Fsp3) is 0.167. The minimum absolute atomic E-state index is 0.273. The molecule has 0 aliphatic heterocycles. The Morgan fingerprint density at radius 3 is 2.37 bits per heavy atom. The molecule has 9 heteroatoms. The number of halogens is 1. The first-order valence-corrected chi connectivity index (χ1v) is 8.41. The van der Waals surface area contributed by atoms with E-state index in [4.69, 9.17) is 21.7 Å². The average Bonchev–Trinajstić information content (AvgIpc) is 3.09. The van der Waals surface area contributed by atoms with E-state index in [2.05, 4.69) is 20.7 Å². The lowest BCUT2D eigenvalue weighted by Crippen LogP contribution is -2.20. The van der Waals surface area contributed by atoms with Crippen LogP contribution in [0, 0.1) is 5.82 Å². The molecule has 3 rings (SSSR count). The first-order valence-electron chi connectivity index (χ1n) is 8.00. The fourth-order valence-corrected chi connectivity index (χ4v) is 2.56. The van der Waals surface area contributed by atoms with Crippen molar-refractivity contribution in [1.82, 2.24) is 14.8 Å². The molecule has 0 aliphatic rings. The molecule has 0 saturated heterocycles. The van der Waals surface area contributed by atoms with E-state index < -0.39 is 0 Å². The summed E-state index contributed by atoms with van der Waals surface area (Å²) in [5, 5.41) is 10.6. The van der Waals surface area contributed by atoms with Gasteiger partial charge in [0.25, 0.3) is 0 Å². The molecule has 0 spiro atoms. The van der Waals surface area contributed by atoms with Crippen molar-refractivity contribution in [3.8, 4) is 11.5 Å². The number of nitrogens with zero attached hydrogens (tertiary/aromatic N) is 3. The Morgan fingerprint density at radius 1 is 1.07 bits per heavy atom. The molecule has 0 aliphatic carbocycles. The van der Waals surface area contributed by atoms with Gasteiger partial charge in [0.2, 0.25) is 5.95 Å². The normalized spacial score (nSPS) is 10.3. The Kier molecular flexibility index (Phi) is 5.82. The molecule has 27 heavy (non-hydrogen) atoms. The average molecular weight is 387 g/mol. The number of anilines is 2. The van der Waals surface area contributed by atoms with E-state index in [-0.39, 0.29) is 5.82 Å². The number of hydrogen-bond donors (Lipinski definition) is 2. The second-order valence-electron chi connectivity index (χ2n) is 5.57. The highest BCUT2D eigenvalue weighted by Crippen LogP contribution is 2.25. The Hall–Kier alpha value is -3.20. The van der Waals surface area contributed by atoms with Gasteiger partial charge in [0.1, 0.15) is 23.6 Å². The van der Waals surface area contributed by atoms with E-state index in [1.54, 1.807) is 55.6 Å². The highest BCUT2D eigenvalue weighted by Gasteiger charge is 2.07. The van der Waals surface area contributed by atoms with Crippen molar-refractivity contribution in [2.24, 2.45) is 0 Å². The summed E-state index contributed by atoms with van der Waals surface area (Å²) in [5.74, 6) is 1.36. The number of nitrogens with one attached hydrogen (secondary N) is 2. The lowest BCUT2D eigenvalue weighted by molar-refractivity contribution is 0.395. The zero-order valence-electron chi connectivity index (χ0n) is 14.8. The van der Waals surface area contributed by atoms with Crippen molar-refractivity contribution in [3.05, 3.63) is 60.2 Å². The Labute approximate surface area is 161 Å². The van der Waals surface area contributed by atoms with Crippen LogP contribution >= 0.6 is 12.2 Å². The fourth-order valence-electron chi connectivity index (χ4n) is 2.35. The predicted octanol–water partition coefficient (Wildman–Crippen LogP) is 3.29. The Balaban J connectivity index is 1.61. The molecule has 2 N–H and O–H groups in total. The molecule has 0 radical (unpaired) electrons. The number of benzene rings is 2. The SMILES string of the molecule is COc1cc(NC(=S)Nc2ncn(Cc3ccc(F)cc3)n2)cc(OC)c1. The van der Waals surface area contributed by atoms with Crippen molar-refractivity contribution in [3.63, 3.8) is 0 Å². The van der Waals surface area contributed by atoms with Gasteiger partial charge in [-0.15, -0.1) is 5.10 Å². The number of aromatic nitrogens is 3. The Bertz CT molecular complexity index is 908. The molecule has 0 amide bonds. The molecule has 0 unspecified atom stereocenters. The predicted molar refractivity (Wildman–Crippen MR) is 105 cm³/mol. The van der Waals surface area contributed by atoms with Crippen LogP contribution in [0.5, 0.6) is 11.5 Å². The molecule has 0 fully saturated rings. The summed E-state index contributed by atoms with van der Waals surface area (Å²) in [5.41, 5.74) is 1.62. The van der Waals surface area contributed by atoms with Gasteiger partial charge in [0.15, 0.2) is 5.11 Å². The quantitative estimate of drug-likeness (QED) is 0.629. The van der Waals surface area contributed by atoms with Gasteiger partial charge in [-0.3, -0.25) is 5.32 Å². The summed E-state index contributed by atoms with van der Waals surface area (Å²) >= 11 is 5.30. The second kappa shape index (κ2) is 8.45. The lowest BCUT2D eigenvalue weighted by atomic mass is 10.2. The van der Waals surface area contributed by atoms with Crippen LogP contribution in [0.25, 0.3) is 0 Å². The summed E-state index contributed by atoms with van der Waals surface area (Å²) in [4.78, 5) is 4.17. The molecule has 1 aromatic heterocycles. The minimum atomic E-state index is -0.273. The summed E-state index contributed by atoms with van der Waals surface area (Å²) < 4.78 is 25.1. The largest absolute Gasteiger partial charge is 0.497 e. The van der Waals surface area contributed by atoms with E-state index >= 15 is 0 Å². The van der Waals surface area contributed by atoms with E-state index in [9.17, 15) is 4.39 Å². The molecule has 140 valence electrons. The zero-order chi connectivity index (χ0) is 19.2. The Morgan fingerprint density at radius 2 is 1.74 bits per heavy atom. The lowest BCUT2D eigenvalue weighted by Gasteiger charge is -2.11. The highest BCUT2D eigenvalue weighted by atomic mass is 32.1. The van der Waals surface area contributed by atoms with Crippen LogP contribution in [-0.4, -0.2) is 34.1 Å².